The molecule has 1 heterocycles. The van der Waals surface area contributed by atoms with Gasteiger partial charge in [-0.15, -0.1) is 0 Å². The highest BCUT2D eigenvalue weighted by molar-refractivity contribution is 14.1. The van der Waals surface area contributed by atoms with Gasteiger partial charge in [0.25, 0.3) is 0 Å². The molecule has 0 aromatic carbocycles. The van der Waals surface area contributed by atoms with Crippen LogP contribution < -0.4 is 4.90 Å². The first kappa shape index (κ1) is 9.66. The summed E-state index contributed by atoms with van der Waals surface area (Å²) < 4.78 is 0.992. The van der Waals surface area contributed by atoms with Crippen molar-refractivity contribution in [1.29, 1.82) is 0 Å². The van der Waals surface area contributed by atoms with Crippen molar-refractivity contribution in [2.75, 3.05) is 25.1 Å². The average molecular weight is 279 g/mol. The van der Waals surface area contributed by atoms with Gasteiger partial charge in [-0.05, 0) is 22.6 Å². The minimum Gasteiger partial charge on any atom is -0.395 e. The Bertz CT molecular complexity index is 256. The predicted molar refractivity (Wildman–Crippen MR) is 55.1 cm³/mol. The van der Waals surface area contributed by atoms with Crippen LogP contribution in [0, 0.1) is 3.57 Å². The highest BCUT2D eigenvalue weighted by Crippen LogP contribution is 2.15. The van der Waals surface area contributed by atoms with E-state index in [0.717, 1.165) is 9.39 Å². The van der Waals surface area contributed by atoms with Crippen molar-refractivity contribution in [3.05, 3.63) is 16.1 Å². The van der Waals surface area contributed by atoms with Gasteiger partial charge in [-0.1, -0.05) is 0 Å². The molecule has 0 bridgehead atoms. The van der Waals surface area contributed by atoms with Gasteiger partial charge in [0.15, 0.2) is 0 Å². The van der Waals surface area contributed by atoms with Crippen LogP contribution in [-0.2, 0) is 0 Å². The van der Waals surface area contributed by atoms with E-state index < -0.39 is 0 Å². The first-order valence-electron chi connectivity index (χ1n) is 3.53. The molecule has 5 heteroatoms. The summed E-state index contributed by atoms with van der Waals surface area (Å²) in [7, 11) is 1.89. The van der Waals surface area contributed by atoms with Crippen LogP contribution in [0.25, 0.3) is 0 Å². The summed E-state index contributed by atoms with van der Waals surface area (Å²) in [6.45, 7) is 0.726. The molecule has 1 N–H and O–H groups in total. The van der Waals surface area contributed by atoms with Crippen molar-refractivity contribution in [3.63, 3.8) is 0 Å². The molecule has 4 nitrogen and oxygen atoms in total. The lowest BCUT2D eigenvalue weighted by molar-refractivity contribution is 0.303. The van der Waals surface area contributed by atoms with Crippen LogP contribution in [0.2, 0.25) is 0 Å². The monoisotopic (exact) mass is 279 g/mol. The molecular formula is C7H10IN3O. The fraction of sp³-hybridized carbons (Fsp3) is 0.429. The Labute approximate surface area is 84.8 Å². The minimum absolute atomic E-state index is 0.135. The molecule has 0 saturated heterocycles. The Kier molecular flexibility index (Phi) is 3.67. The van der Waals surface area contributed by atoms with E-state index in [-0.39, 0.29) is 6.61 Å². The maximum Gasteiger partial charge on any atom is 0.145 e. The van der Waals surface area contributed by atoms with E-state index in [9.17, 15) is 0 Å². The molecule has 0 aliphatic rings. The fourth-order valence-electron chi connectivity index (χ4n) is 0.843. The maximum absolute atomic E-state index is 8.70. The van der Waals surface area contributed by atoms with Crippen molar-refractivity contribution in [3.8, 4) is 0 Å². The number of nitrogens with zero attached hydrogens (tertiary/aromatic N) is 3. The molecule has 0 spiro atoms. The molecule has 0 atom stereocenters. The highest BCUT2D eigenvalue weighted by Gasteiger charge is 2.04. The molecule has 0 aliphatic carbocycles. The molecule has 1 rings (SSSR count). The summed E-state index contributed by atoms with van der Waals surface area (Å²) in [4.78, 5) is 9.86. The topological polar surface area (TPSA) is 49.2 Å². The molecule has 0 aliphatic heterocycles. The molecular weight excluding hydrogens is 269 g/mol. The zero-order chi connectivity index (χ0) is 8.97. The van der Waals surface area contributed by atoms with Gasteiger partial charge in [-0.25, -0.2) is 9.97 Å². The van der Waals surface area contributed by atoms with Crippen LogP contribution in [0.4, 0.5) is 5.82 Å². The number of aliphatic hydroxyl groups is 1. The van der Waals surface area contributed by atoms with Crippen molar-refractivity contribution in [2.24, 2.45) is 0 Å². The van der Waals surface area contributed by atoms with Crippen LogP contribution in [0.5, 0.6) is 0 Å². The van der Waals surface area contributed by atoms with Gasteiger partial charge < -0.3 is 10.0 Å². The van der Waals surface area contributed by atoms with E-state index in [1.165, 1.54) is 6.33 Å². The molecule has 0 radical (unpaired) electrons. The van der Waals surface area contributed by atoms with Crippen LogP contribution in [0.15, 0.2) is 12.5 Å². The lowest BCUT2D eigenvalue weighted by atomic mass is 10.5. The third-order valence-electron chi connectivity index (χ3n) is 1.45. The Morgan fingerprint density at radius 3 is 3.00 bits per heavy atom. The number of likely N-dealkylation sites (N-methyl/N-ethyl adjacent to an activating group) is 1. The second-order valence-corrected chi connectivity index (χ2v) is 3.50. The number of aromatic nitrogens is 2. The summed E-state index contributed by atoms with van der Waals surface area (Å²) in [6, 6.07) is 0. The second-order valence-electron chi connectivity index (χ2n) is 2.34. The SMILES string of the molecule is CN(CCO)c1ncncc1I. The summed E-state index contributed by atoms with van der Waals surface area (Å²) in [5, 5.41) is 8.70. The second kappa shape index (κ2) is 4.56. The van der Waals surface area contributed by atoms with Crippen LogP contribution >= 0.6 is 22.6 Å². The van der Waals surface area contributed by atoms with Crippen LogP contribution in [-0.4, -0.2) is 35.3 Å². The van der Waals surface area contributed by atoms with Crippen molar-refractivity contribution in [1.82, 2.24) is 9.97 Å². The molecule has 12 heavy (non-hydrogen) atoms. The van der Waals surface area contributed by atoms with Crippen LogP contribution in [0.1, 0.15) is 0 Å². The summed E-state index contributed by atoms with van der Waals surface area (Å²) >= 11 is 2.17. The lowest BCUT2D eigenvalue weighted by Gasteiger charge is -2.16. The van der Waals surface area contributed by atoms with E-state index >= 15 is 0 Å². The van der Waals surface area contributed by atoms with E-state index in [1.807, 2.05) is 11.9 Å². The summed E-state index contributed by atoms with van der Waals surface area (Å²) in [5.74, 6) is 0.861. The van der Waals surface area contributed by atoms with E-state index in [2.05, 4.69) is 32.6 Å². The zero-order valence-electron chi connectivity index (χ0n) is 6.74. The molecule has 1 aromatic heterocycles. The van der Waals surface area contributed by atoms with Crippen LogP contribution in [0.3, 0.4) is 0 Å². The third kappa shape index (κ3) is 2.28. The molecule has 66 valence electrons. The van der Waals surface area contributed by atoms with Gasteiger partial charge in [0.2, 0.25) is 0 Å². The van der Waals surface area contributed by atoms with Gasteiger partial charge in [0.05, 0.1) is 10.2 Å². The smallest absolute Gasteiger partial charge is 0.145 e. The average Bonchev–Trinajstić information content (AvgIpc) is 2.05. The largest absolute Gasteiger partial charge is 0.395 e. The quantitative estimate of drug-likeness (QED) is 0.819. The van der Waals surface area contributed by atoms with Crippen molar-refractivity contribution >= 4 is 28.4 Å². The Morgan fingerprint density at radius 1 is 1.67 bits per heavy atom. The predicted octanol–water partition coefficient (Wildman–Crippen LogP) is 0.510. The highest BCUT2D eigenvalue weighted by atomic mass is 127. The Balaban J connectivity index is 2.79. The number of halogens is 1. The van der Waals surface area contributed by atoms with Gasteiger partial charge in [-0.3, -0.25) is 0 Å². The normalized spacial score (nSPS) is 9.92. The van der Waals surface area contributed by atoms with Crippen molar-refractivity contribution in [2.45, 2.75) is 0 Å². The molecule has 0 saturated carbocycles. The van der Waals surface area contributed by atoms with Crippen molar-refractivity contribution < 1.29 is 5.11 Å². The van der Waals surface area contributed by atoms with Gasteiger partial charge >= 0.3 is 0 Å². The van der Waals surface area contributed by atoms with E-state index in [1.54, 1.807) is 6.20 Å². The Hall–Kier alpha value is -0.430. The Morgan fingerprint density at radius 2 is 2.42 bits per heavy atom. The third-order valence-corrected chi connectivity index (χ3v) is 2.21. The minimum atomic E-state index is 0.135. The number of anilines is 1. The molecule has 0 fully saturated rings. The van der Waals surface area contributed by atoms with E-state index in [0.29, 0.717) is 6.54 Å². The zero-order valence-corrected chi connectivity index (χ0v) is 8.89. The van der Waals surface area contributed by atoms with E-state index in [4.69, 9.17) is 5.11 Å². The first-order valence-corrected chi connectivity index (χ1v) is 4.61. The number of hydrogen-bond acceptors (Lipinski definition) is 4. The number of hydrogen-bond donors (Lipinski definition) is 1. The molecule has 1 aromatic rings. The first-order chi connectivity index (χ1) is 5.75. The number of aliphatic hydroxyl groups excluding tert-OH is 1. The lowest BCUT2D eigenvalue weighted by Crippen LogP contribution is -2.23. The standard InChI is InChI=1S/C7H10IN3O/c1-11(2-3-12)7-6(8)4-9-5-10-7/h4-5,12H,2-3H2,1H3. The fourth-order valence-corrected chi connectivity index (χ4v) is 1.55. The summed E-state index contributed by atoms with van der Waals surface area (Å²) in [6.07, 6.45) is 3.25. The number of rotatable bonds is 3. The molecule has 0 unspecified atom stereocenters. The molecule has 0 amide bonds. The summed E-state index contributed by atoms with van der Waals surface area (Å²) in [5.41, 5.74) is 0. The maximum atomic E-state index is 8.70. The van der Waals surface area contributed by atoms with Gasteiger partial charge in [0, 0.05) is 19.8 Å². The van der Waals surface area contributed by atoms with Gasteiger partial charge in [0.1, 0.15) is 12.1 Å². The van der Waals surface area contributed by atoms with Gasteiger partial charge in [-0.2, -0.15) is 0 Å².